The highest BCUT2D eigenvalue weighted by molar-refractivity contribution is 5.80. The molecule has 0 saturated carbocycles. The molecule has 1 N–H and O–H groups in total. The van der Waals surface area contributed by atoms with Crippen molar-refractivity contribution in [2.45, 2.75) is 20.4 Å². The van der Waals surface area contributed by atoms with E-state index in [4.69, 9.17) is 5.11 Å². The third kappa shape index (κ3) is 1.81. The van der Waals surface area contributed by atoms with E-state index in [0.717, 1.165) is 10.9 Å². The third-order valence-electron chi connectivity index (χ3n) is 2.82. The summed E-state index contributed by atoms with van der Waals surface area (Å²) in [5, 5.41) is 10.2. The van der Waals surface area contributed by atoms with Crippen LogP contribution in [0, 0.1) is 5.41 Å². The van der Waals surface area contributed by atoms with Crippen LogP contribution in [-0.4, -0.2) is 15.6 Å². The average Bonchev–Trinajstić information content (AvgIpc) is 2.61. The van der Waals surface area contributed by atoms with E-state index in [-0.39, 0.29) is 0 Å². The molecule has 3 nitrogen and oxygen atoms in total. The van der Waals surface area contributed by atoms with Crippen LogP contribution in [0.2, 0.25) is 0 Å². The minimum atomic E-state index is -0.773. The van der Waals surface area contributed by atoms with Crippen molar-refractivity contribution >= 4 is 16.9 Å². The lowest BCUT2D eigenvalue weighted by Crippen LogP contribution is -2.28. The Labute approximate surface area is 94.3 Å². The largest absolute Gasteiger partial charge is 0.481 e. The molecule has 0 aliphatic heterocycles. The molecule has 0 saturated heterocycles. The summed E-state index contributed by atoms with van der Waals surface area (Å²) in [6.07, 6.45) is 1.94. The molecule has 0 atom stereocenters. The number of rotatable bonds is 3. The summed E-state index contributed by atoms with van der Waals surface area (Å²) >= 11 is 0. The summed E-state index contributed by atoms with van der Waals surface area (Å²) in [6, 6.07) is 9.99. The van der Waals surface area contributed by atoms with Gasteiger partial charge in [-0.3, -0.25) is 4.79 Å². The predicted molar refractivity (Wildman–Crippen MR) is 63.4 cm³/mol. The topological polar surface area (TPSA) is 42.2 Å². The van der Waals surface area contributed by atoms with Crippen LogP contribution in [0.4, 0.5) is 0 Å². The summed E-state index contributed by atoms with van der Waals surface area (Å²) in [5.74, 6) is -0.773. The van der Waals surface area contributed by atoms with Gasteiger partial charge in [-0.15, -0.1) is 0 Å². The van der Waals surface area contributed by atoms with Crippen molar-refractivity contribution in [2.24, 2.45) is 5.41 Å². The summed E-state index contributed by atoms with van der Waals surface area (Å²) in [4.78, 5) is 11.1. The van der Waals surface area contributed by atoms with Crippen LogP contribution in [-0.2, 0) is 11.3 Å². The number of hydrogen-bond acceptors (Lipinski definition) is 1. The van der Waals surface area contributed by atoms with Gasteiger partial charge in [0.2, 0.25) is 0 Å². The third-order valence-corrected chi connectivity index (χ3v) is 2.82. The summed E-state index contributed by atoms with van der Waals surface area (Å²) in [7, 11) is 0. The van der Waals surface area contributed by atoms with Gasteiger partial charge in [-0.25, -0.2) is 0 Å². The van der Waals surface area contributed by atoms with Crippen molar-refractivity contribution in [3.8, 4) is 0 Å². The van der Waals surface area contributed by atoms with Gasteiger partial charge >= 0.3 is 5.97 Å². The Hall–Kier alpha value is -1.77. The number of aromatic nitrogens is 1. The van der Waals surface area contributed by atoms with Crippen LogP contribution in [0.5, 0.6) is 0 Å². The van der Waals surface area contributed by atoms with Gasteiger partial charge in [0.1, 0.15) is 0 Å². The van der Waals surface area contributed by atoms with E-state index in [1.807, 2.05) is 41.1 Å². The van der Waals surface area contributed by atoms with E-state index in [1.54, 1.807) is 13.8 Å². The lowest BCUT2D eigenvalue weighted by molar-refractivity contribution is -0.147. The van der Waals surface area contributed by atoms with Crippen LogP contribution in [0.15, 0.2) is 36.5 Å². The molecule has 2 rings (SSSR count). The quantitative estimate of drug-likeness (QED) is 0.859. The van der Waals surface area contributed by atoms with Crippen molar-refractivity contribution in [1.82, 2.24) is 4.57 Å². The standard InChI is InChI=1S/C13H15NO2/c1-13(2,12(15)16)9-14-8-7-10-5-3-4-6-11(10)14/h3-8H,9H2,1-2H3,(H,15,16). The molecular formula is C13H15NO2. The molecule has 0 bridgehead atoms. The number of carboxylic acid groups (broad SMARTS) is 1. The van der Waals surface area contributed by atoms with Crippen molar-refractivity contribution in [1.29, 1.82) is 0 Å². The second-order valence-electron chi connectivity index (χ2n) is 4.69. The van der Waals surface area contributed by atoms with Gasteiger partial charge in [0, 0.05) is 18.3 Å². The highest BCUT2D eigenvalue weighted by Crippen LogP contribution is 2.23. The van der Waals surface area contributed by atoms with Gasteiger partial charge in [-0.1, -0.05) is 18.2 Å². The maximum atomic E-state index is 11.1. The molecule has 1 aromatic heterocycles. The number of para-hydroxylation sites is 1. The Morgan fingerprint density at radius 1 is 1.31 bits per heavy atom. The first kappa shape index (κ1) is 10.7. The second-order valence-corrected chi connectivity index (χ2v) is 4.69. The maximum Gasteiger partial charge on any atom is 0.310 e. The minimum absolute atomic E-state index is 0.482. The highest BCUT2D eigenvalue weighted by Gasteiger charge is 2.27. The van der Waals surface area contributed by atoms with Gasteiger partial charge in [0.05, 0.1) is 5.41 Å². The Bertz CT molecular complexity index is 525. The maximum absolute atomic E-state index is 11.1. The van der Waals surface area contributed by atoms with Gasteiger partial charge in [-0.05, 0) is 31.4 Å². The molecule has 3 heteroatoms. The Balaban J connectivity index is 2.38. The van der Waals surface area contributed by atoms with Crippen molar-refractivity contribution in [2.75, 3.05) is 0 Å². The lowest BCUT2D eigenvalue weighted by atomic mass is 9.94. The molecule has 0 radical (unpaired) electrons. The predicted octanol–water partition coefficient (Wildman–Crippen LogP) is 2.75. The van der Waals surface area contributed by atoms with E-state index < -0.39 is 11.4 Å². The fraction of sp³-hybridized carbons (Fsp3) is 0.308. The first-order chi connectivity index (χ1) is 7.50. The summed E-state index contributed by atoms with van der Waals surface area (Å²) < 4.78 is 1.99. The molecule has 16 heavy (non-hydrogen) atoms. The van der Waals surface area contributed by atoms with Crippen LogP contribution < -0.4 is 0 Å². The van der Waals surface area contributed by atoms with Crippen LogP contribution in [0.25, 0.3) is 10.9 Å². The fourth-order valence-electron chi connectivity index (χ4n) is 1.77. The van der Waals surface area contributed by atoms with Gasteiger partial charge in [0.25, 0.3) is 0 Å². The van der Waals surface area contributed by atoms with Crippen LogP contribution in [0.3, 0.4) is 0 Å². The van der Waals surface area contributed by atoms with Crippen LogP contribution in [0.1, 0.15) is 13.8 Å². The molecule has 0 unspecified atom stereocenters. The molecule has 0 spiro atoms. The number of fused-ring (bicyclic) bond motifs is 1. The first-order valence-electron chi connectivity index (χ1n) is 5.28. The second kappa shape index (κ2) is 3.67. The van der Waals surface area contributed by atoms with Crippen LogP contribution >= 0.6 is 0 Å². The van der Waals surface area contributed by atoms with E-state index in [0.29, 0.717) is 6.54 Å². The number of aliphatic carboxylic acids is 1. The Morgan fingerprint density at radius 2 is 2.00 bits per heavy atom. The van der Waals surface area contributed by atoms with Crippen molar-refractivity contribution < 1.29 is 9.90 Å². The SMILES string of the molecule is CC(C)(Cn1ccc2ccccc21)C(=O)O. The van der Waals surface area contributed by atoms with Gasteiger partial charge in [0.15, 0.2) is 0 Å². The smallest absolute Gasteiger partial charge is 0.310 e. The lowest BCUT2D eigenvalue weighted by Gasteiger charge is -2.20. The molecule has 0 aliphatic carbocycles. The first-order valence-corrected chi connectivity index (χ1v) is 5.28. The summed E-state index contributed by atoms with van der Waals surface area (Å²) in [5.41, 5.74) is 0.332. The highest BCUT2D eigenvalue weighted by atomic mass is 16.4. The zero-order valence-corrected chi connectivity index (χ0v) is 9.47. The minimum Gasteiger partial charge on any atom is -0.481 e. The summed E-state index contributed by atoms with van der Waals surface area (Å²) in [6.45, 7) is 3.96. The monoisotopic (exact) mass is 217 g/mol. The number of carboxylic acids is 1. The van der Waals surface area contributed by atoms with E-state index >= 15 is 0 Å². The number of carbonyl (C=O) groups is 1. The fourth-order valence-corrected chi connectivity index (χ4v) is 1.77. The number of nitrogens with zero attached hydrogens (tertiary/aromatic N) is 1. The van der Waals surface area contributed by atoms with Crippen molar-refractivity contribution in [3.63, 3.8) is 0 Å². The zero-order valence-electron chi connectivity index (χ0n) is 9.47. The Morgan fingerprint density at radius 3 is 2.69 bits per heavy atom. The molecule has 0 aliphatic rings. The molecule has 84 valence electrons. The number of benzene rings is 1. The number of hydrogen-bond donors (Lipinski definition) is 1. The normalized spacial score (nSPS) is 11.9. The zero-order chi connectivity index (χ0) is 11.8. The molecule has 1 aromatic carbocycles. The molecule has 1 heterocycles. The van der Waals surface area contributed by atoms with E-state index in [2.05, 4.69) is 0 Å². The average molecular weight is 217 g/mol. The molecule has 0 amide bonds. The molecule has 2 aromatic rings. The molecular weight excluding hydrogens is 202 g/mol. The van der Waals surface area contributed by atoms with Gasteiger partial charge in [-0.2, -0.15) is 0 Å². The van der Waals surface area contributed by atoms with Crippen molar-refractivity contribution in [3.05, 3.63) is 36.5 Å². The Kier molecular flexibility index (Phi) is 2.46. The van der Waals surface area contributed by atoms with E-state index in [9.17, 15) is 4.79 Å². The van der Waals surface area contributed by atoms with E-state index in [1.165, 1.54) is 0 Å². The van der Waals surface area contributed by atoms with Gasteiger partial charge < -0.3 is 9.67 Å². The molecule has 0 fully saturated rings.